The average Bonchev–Trinajstić information content (AvgIpc) is 2.66. The van der Waals surface area contributed by atoms with Crippen LogP contribution in [0.2, 0.25) is 15.1 Å². The maximum Gasteiger partial charge on any atom is 0.0548 e. The molecule has 2 nitrogen and oxygen atoms in total. The second-order valence-electron chi connectivity index (χ2n) is 6.83. The minimum absolute atomic E-state index is 0. The predicted molar refractivity (Wildman–Crippen MR) is 125 cm³/mol. The first kappa shape index (κ1) is 22.0. The minimum atomic E-state index is 0. The van der Waals surface area contributed by atoms with Gasteiger partial charge in [0, 0.05) is 44.5 Å². The highest BCUT2D eigenvalue weighted by atomic mass is 35.5. The van der Waals surface area contributed by atoms with Gasteiger partial charge in [-0.05, 0) is 67.2 Å². The van der Waals surface area contributed by atoms with E-state index in [1.165, 1.54) is 5.39 Å². The van der Waals surface area contributed by atoms with Crippen LogP contribution in [0.25, 0.3) is 10.8 Å². The third-order valence-electron chi connectivity index (χ3n) is 4.93. The SMILES string of the molecule is Cl.Clc1ccc(CN2CCC(Sc3cc4ccncc4cc3Cl)CC2)c(Cl)c1. The number of aromatic nitrogens is 1. The van der Waals surface area contributed by atoms with Crippen molar-refractivity contribution < 1.29 is 0 Å². The Labute approximate surface area is 191 Å². The van der Waals surface area contributed by atoms with Crippen molar-refractivity contribution >= 4 is 69.7 Å². The van der Waals surface area contributed by atoms with Crippen LogP contribution in [0.15, 0.2) is 53.7 Å². The Kier molecular flexibility index (Phi) is 7.77. The summed E-state index contributed by atoms with van der Waals surface area (Å²) in [5, 5.41) is 5.10. The van der Waals surface area contributed by atoms with E-state index in [0.717, 1.165) is 58.4 Å². The van der Waals surface area contributed by atoms with Crippen molar-refractivity contribution in [2.45, 2.75) is 29.5 Å². The summed E-state index contributed by atoms with van der Waals surface area (Å²) in [5.41, 5.74) is 1.14. The minimum Gasteiger partial charge on any atom is -0.299 e. The third kappa shape index (κ3) is 5.27. The molecule has 1 saturated heterocycles. The van der Waals surface area contributed by atoms with E-state index in [1.54, 1.807) is 0 Å². The number of nitrogens with zero attached hydrogens (tertiary/aromatic N) is 2. The number of halogens is 4. The number of hydrogen-bond donors (Lipinski definition) is 0. The van der Waals surface area contributed by atoms with Crippen molar-refractivity contribution in [2.24, 2.45) is 0 Å². The van der Waals surface area contributed by atoms with E-state index < -0.39 is 0 Å². The summed E-state index contributed by atoms with van der Waals surface area (Å²) >= 11 is 20.7. The van der Waals surface area contributed by atoms with Gasteiger partial charge in [-0.2, -0.15) is 0 Å². The number of pyridine rings is 1. The number of piperidine rings is 1. The Morgan fingerprint density at radius 2 is 1.75 bits per heavy atom. The fourth-order valence-corrected chi connectivity index (χ4v) is 5.38. The Hall–Kier alpha value is -0.680. The van der Waals surface area contributed by atoms with Crippen LogP contribution in [-0.2, 0) is 6.54 Å². The van der Waals surface area contributed by atoms with Gasteiger partial charge >= 0.3 is 0 Å². The zero-order chi connectivity index (χ0) is 18.8. The van der Waals surface area contributed by atoms with E-state index in [4.69, 9.17) is 34.8 Å². The molecule has 0 saturated carbocycles. The molecule has 4 rings (SSSR count). The molecule has 0 spiro atoms. The van der Waals surface area contributed by atoms with Gasteiger partial charge in [0.2, 0.25) is 0 Å². The summed E-state index contributed by atoms with van der Waals surface area (Å²) in [4.78, 5) is 7.79. The van der Waals surface area contributed by atoms with Gasteiger partial charge in [0.1, 0.15) is 0 Å². The first-order valence-corrected chi connectivity index (χ1v) is 11.0. The standard InChI is InChI=1S/C21H19Cl3N2S.ClH/c22-17-2-1-15(19(23)11-17)13-26-7-4-18(5-8-26)27-21-10-14-3-6-25-12-16(14)9-20(21)24;/h1-3,6,9-12,18H,4-5,7-8,13H2;1H. The zero-order valence-electron chi connectivity index (χ0n) is 15.1. The van der Waals surface area contributed by atoms with Gasteiger partial charge in [-0.1, -0.05) is 40.9 Å². The molecule has 0 radical (unpaired) electrons. The first-order chi connectivity index (χ1) is 13.1. The van der Waals surface area contributed by atoms with Gasteiger partial charge in [0.25, 0.3) is 0 Å². The summed E-state index contributed by atoms with van der Waals surface area (Å²) in [6.45, 7) is 2.99. The van der Waals surface area contributed by atoms with E-state index in [2.05, 4.69) is 16.0 Å². The number of fused-ring (bicyclic) bond motifs is 1. The lowest BCUT2D eigenvalue weighted by molar-refractivity contribution is 0.225. The van der Waals surface area contributed by atoms with Gasteiger partial charge in [0.05, 0.1) is 5.02 Å². The van der Waals surface area contributed by atoms with Crippen LogP contribution in [-0.4, -0.2) is 28.2 Å². The molecule has 7 heteroatoms. The van der Waals surface area contributed by atoms with Crippen LogP contribution in [0.4, 0.5) is 0 Å². The highest BCUT2D eigenvalue weighted by Crippen LogP contribution is 2.37. The Morgan fingerprint density at radius 3 is 2.50 bits per heavy atom. The highest BCUT2D eigenvalue weighted by molar-refractivity contribution is 8.00. The molecule has 28 heavy (non-hydrogen) atoms. The van der Waals surface area contributed by atoms with Crippen LogP contribution >= 0.6 is 59.0 Å². The lowest BCUT2D eigenvalue weighted by Crippen LogP contribution is -2.34. The van der Waals surface area contributed by atoms with Gasteiger partial charge in [0.15, 0.2) is 0 Å². The van der Waals surface area contributed by atoms with Gasteiger partial charge in [-0.3, -0.25) is 9.88 Å². The molecule has 148 valence electrons. The molecular weight excluding hydrogens is 454 g/mol. The van der Waals surface area contributed by atoms with Crippen LogP contribution in [0.3, 0.4) is 0 Å². The van der Waals surface area contributed by atoms with Gasteiger partial charge in [-0.15, -0.1) is 24.2 Å². The molecule has 2 heterocycles. The van der Waals surface area contributed by atoms with E-state index in [0.29, 0.717) is 10.3 Å². The topological polar surface area (TPSA) is 16.1 Å². The van der Waals surface area contributed by atoms with Crippen LogP contribution < -0.4 is 0 Å². The normalized spacial score (nSPS) is 15.5. The number of hydrogen-bond acceptors (Lipinski definition) is 3. The average molecular weight is 474 g/mol. The molecule has 3 aromatic rings. The highest BCUT2D eigenvalue weighted by Gasteiger charge is 2.21. The molecule has 1 aliphatic heterocycles. The second kappa shape index (κ2) is 9.88. The van der Waals surface area contributed by atoms with Gasteiger partial charge in [-0.25, -0.2) is 0 Å². The van der Waals surface area contributed by atoms with Crippen molar-refractivity contribution in [3.63, 3.8) is 0 Å². The summed E-state index contributed by atoms with van der Waals surface area (Å²) in [6.07, 6.45) is 5.96. The number of thioether (sulfide) groups is 1. The molecule has 1 aromatic heterocycles. The fraction of sp³-hybridized carbons (Fsp3) is 0.286. The number of likely N-dealkylation sites (tertiary alicyclic amines) is 1. The number of rotatable bonds is 4. The van der Waals surface area contributed by atoms with Crippen molar-refractivity contribution in [3.8, 4) is 0 Å². The summed E-state index contributed by atoms with van der Waals surface area (Å²) in [6, 6.07) is 12.0. The molecular formula is C21H20Cl4N2S. The van der Waals surface area contributed by atoms with Crippen molar-refractivity contribution in [2.75, 3.05) is 13.1 Å². The molecule has 1 aliphatic rings. The fourth-order valence-electron chi connectivity index (χ4n) is 3.43. The van der Waals surface area contributed by atoms with E-state index in [-0.39, 0.29) is 12.4 Å². The summed E-state index contributed by atoms with van der Waals surface area (Å²) < 4.78 is 0. The first-order valence-electron chi connectivity index (χ1n) is 8.95. The van der Waals surface area contributed by atoms with Crippen molar-refractivity contribution in [1.82, 2.24) is 9.88 Å². The molecule has 0 N–H and O–H groups in total. The zero-order valence-corrected chi connectivity index (χ0v) is 19.0. The van der Waals surface area contributed by atoms with Crippen molar-refractivity contribution in [3.05, 3.63) is 69.4 Å². The molecule has 2 aromatic carbocycles. The Balaban J connectivity index is 0.00000225. The molecule has 0 unspecified atom stereocenters. The smallest absolute Gasteiger partial charge is 0.0548 e. The van der Waals surface area contributed by atoms with E-state index >= 15 is 0 Å². The molecule has 1 fully saturated rings. The Bertz CT molecular complexity index is 958. The predicted octanol–water partition coefficient (Wildman–Crippen LogP) is 7.37. The third-order valence-corrected chi connectivity index (χ3v) is 7.34. The molecule has 0 bridgehead atoms. The molecule has 0 aliphatic carbocycles. The maximum absolute atomic E-state index is 6.50. The lowest BCUT2D eigenvalue weighted by atomic mass is 10.1. The molecule has 0 atom stereocenters. The Morgan fingerprint density at radius 1 is 0.964 bits per heavy atom. The number of benzene rings is 2. The van der Waals surface area contributed by atoms with E-state index in [1.807, 2.05) is 54.5 Å². The van der Waals surface area contributed by atoms with Crippen LogP contribution in [0.1, 0.15) is 18.4 Å². The van der Waals surface area contributed by atoms with Gasteiger partial charge < -0.3 is 0 Å². The summed E-state index contributed by atoms with van der Waals surface area (Å²) in [5.74, 6) is 0. The monoisotopic (exact) mass is 472 g/mol. The van der Waals surface area contributed by atoms with E-state index in [9.17, 15) is 0 Å². The maximum atomic E-state index is 6.50. The second-order valence-corrected chi connectivity index (χ2v) is 9.43. The largest absolute Gasteiger partial charge is 0.299 e. The lowest BCUT2D eigenvalue weighted by Gasteiger charge is -2.32. The molecule has 0 amide bonds. The summed E-state index contributed by atoms with van der Waals surface area (Å²) in [7, 11) is 0. The quantitative estimate of drug-likeness (QED) is 0.393. The van der Waals surface area contributed by atoms with Crippen LogP contribution in [0, 0.1) is 0 Å². The van der Waals surface area contributed by atoms with Crippen LogP contribution in [0.5, 0.6) is 0 Å². The van der Waals surface area contributed by atoms with Crippen molar-refractivity contribution in [1.29, 1.82) is 0 Å².